The molecular weight excluding hydrogens is 326 g/mol. The van der Waals surface area contributed by atoms with Crippen molar-refractivity contribution in [3.05, 3.63) is 66.2 Å². The van der Waals surface area contributed by atoms with E-state index in [2.05, 4.69) is 15.4 Å². The van der Waals surface area contributed by atoms with Crippen LogP contribution in [0.15, 0.2) is 55.0 Å². The number of fused-ring (bicyclic) bond motifs is 1. The minimum Gasteiger partial charge on any atom is -0.314 e. The second-order valence-electron chi connectivity index (χ2n) is 6.68. The summed E-state index contributed by atoms with van der Waals surface area (Å²) >= 11 is 0. The quantitative estimate of drug-likeness (QED) is 0.769. The number of pyridine rings is 1. The second kappa shape index (κ2) is 6.63. The van der Waals surface area contributed by atoms with Gasteiger partial charge in [-0.3, -0.25) is 9.67 Å². The van der Waals surface area contributed by atoms with E-state index in [9.17, 15) is 4.79 Å². The Kier molecular flexibility index (Phi) is 4.16. The molecule has 3 heterocycles. The number of hydrogen-bond acceptors (Lipinski definition) is 3. The van der Waals surface area contributed by atoms with Gasteiger partial charge in [-0.05, 0) is 60.9 Å². The summed E-state index contributed by atoms with van der Waals surface area (Å²) in [4.78, 5) is 18.7. The number of nitrogens with one attached hydrogen (secondary N) is 1. The molecule has 1 aliphatic rings. The Morgan fingerprint density at radius 2 is 1.96 bits per heavy atom. The Bertz CT molecular complexity index is 934. The molecule has 6 heteroatoms. The maximum atomic E-state index is 12.8. The smallest absolute Gasteiger partial charge is 0.314 e. The van der Waals surface area contributed by atoms with Crippen molar-refractivity contribution in [2.45, 2.75) is 33.0 Å². The van der Waals surface area contributed by atoms with E-state index in [1.54, 1.807) is 18.6 Å². The maximum absolute atomic E-state index is 12.8. The van der Waals surface area contributed by atoms with Crippen molar-refractivity contribution in [3.8, 4) is 11.1 Å². The lowest BCUT2D eigenvalue weighted by molar-refractivity contribution is 0.161. The van der Waals surface area contributed by atoms with E-state index in [0.717, 1.165) is 34.6 Å². The first kappa shape index (κ1) is 16.3. The van der Waals surface area contributed by atoms with Gasteiger partial charge in [0.2, 0.25) is 0 Å². The van der Waals surface area contributed by atoms with Crippen LogP contribution in [0.5, 0.6) is 0 Å². The number of anilines is 1. The summed E-state index contributed by atoms with van der Waals surface area (Å²) in [6.07, 6.45) is 5.35. The highest BCUT2D eigenvalue weighted by atomic mass is 16.2. The molecule has 0 aliphatic carbocycles. The van der Waals surface area contributed by atoms with Crippen molar-refractivity contribution in [3.63, 3.8) is 0 Å². The van der Waals surface area contributed by atoms with E-state index >= 15 is 0 Å². The monoisotopic (exact) mass is 347 g/mol. The second-order valence-corrected chi connectivity index (χ2v) is 6.68. The van der Waals surface area contributed by atoms with E-state index in [4.69, 9.17) is 0 Å². The SMILES string of the molecule is Cc1cc(NC(=O)N2Cc3ccnn3CC2C)ccc1-c1ccncc1. The molecule has 0 radical (unpaired) electrons. The van der Waals surface area contributed by atoms with Gasteiger partial charge >= 0.3 is 6.03 Å². The summed E-state index contributed by atoms with van der Waals surface area (Å²) in [6.45, 7) is 5.38. The molecule has 1 atom stereocenters. The van der Waals surface area contributed by atoms with Crippen molar-refractivity contribution in [2.75, 3.05) is 5.32 Å². The Morgan fingerprint density at radius 1 is 1.15 bits per heavy atom. The molecule has 0 fully saturated rings. The molecule has 1 aliphatic heterocycles. The molecule has 3 aromatic rings. The van der Waals surface area contributed by atoms with Crippen LogP contribution >= 0.6 is 0 Å². The first-order valence-electron chi connectivity index (χ1n) is 8.71. The largest absolute Gasteiger partial charge is 0.322 e. The third-order valence-corrected chi connectivity index (χ3v) is 4.84. The summed E-state index contributed by atoms with van der Waals surface area (Å²) < 4.78 is 1.96. The van der Waals surface area contributed by atoms with Gasteiger partial charge in [0.15, 0.2) is 0 Å². The molecule has 4 rings (SSSR count). The van der Waals surface area contributed by atoms with E-state index in [1.165, 1.54) is 0 Å². The number of urea groups is 1. The van der Waals surface area contributed by atoms with Gasteiger partial charge in [0.05, 0.1) is 24.8 Å². The van der Waals surface area contributed by atoms with Crippen LogP contribution in [0.3, 0.4) is 0 Å². The molecule has 0 bridgehead atoms. The summed E-state index contributed by atoms with van der Waals surface area (Å²) in [6, 6.07) is 11.9. The number of aromatic nitrogens is 3. The lowest BCUT2D eigenvalue weighted by Gasteiger charge is -2.34. The summed E-state index contributed by atoms with van der Waals surface area (Å²) in [5.74, 6) is 0. The van der Waals surface area contributed by atoms with E-state index in [0.29, 0.717) is 6.54 Å². The number of nitrogens with zero attached hydrogens (tertiary/aromatic N) is 4. The Balaban J connectivity index is 1.51. The third-order valence-electron chi connectivity index (χ3n) is 4.84. The molecule has 1 N–H and O–H groups in total. The molecule has 26 heavy (non-hydrogen) atoms. The van der Waals surface area contributed by atoms with E-state index in [-0.39, 0.29) is 12.1 Å². The molecule has 2 aromatic heterocycles. The molecule has 6 nitrogen and oxygen atoms in total. The van der Waals surface area contributed by atoms with Gasteiger partial charge in [0.25, 0.3) is 0 Å². The zero-order valence-electron chi connectivity index (χ0n) is 14.9. The van der Waals surface area contributed by atoms with Crippen molar-refractivity contribution >= 4 is 11.7 Å². The highest BCUT2D eigenvalue weighted by Gasteiger charge is 2.27. The number of hydrogen-bond donors (Lipinski definition) is 1. The Labute approximate surface area is 152 Å². The number of aryl methyl sites for hydroxylation is 1. The number of amides is 2. The lowest BCUT2D eigenvalue weighted by atomic mass is 10.0. The fraction of sp³-hybridized carbons (Fsp3) is 0.250. The van der Waals surface area contributed by atoms with Crippen LogP contribution in [0.25, 0.3) is 11.1 Å². The molecule has 132 valence electrons. The van der Waals surface area contributed by atoms with Crippen molar-refractivity contribution < 1.29 is 4.79 Å². The predicted molar refractivity (Wildman–Crippen MR) is 101 cm³/mol. The Morgan fingerprint density at radius 3 is 2.73 bits per heavy atom. The van der Waals surface area contributed by atoms with Gasteiger partial charge in [-0.1, -0.05) is 6.07 Å². The summed E-state index contributed by atoms with van der Waals surface area (Å²) in [5.41, 5.74) is 5.23. The first-order chi connectivity index (χ1) is 12.6. The number of benzene rings is 1. The van der Waals surface area contributed by atoms with Crippen molar-refractivity contribution in [1.82, 2.24) is 19.7 Å². The molecule has 1 aromatic carbocycles. The van der Waals surface area contributed by atoms with Crippen molar-refractivity contribution in [2.24, 2.45) is 0 Å². The number of carbonyl (C=O) groups excluding carboxylic acids is 1. The average Bonchev–Trinajstić information content (AvgIpc) is 3.09. The van der Waals surface area contributed by atoms with E-state index < -0.39 is 0 Å². The van der Waals surface area contributed by atoms with Crippen LogP contribution in [-0.4, -0.2) is 31.7 Å². The fourth-order valence-electron chi connectivity index (χ4n) is 3.40. The molecule has 0 spiro atoms. The van der Waals surface area contributed by atoms with Gasteiger partial charge in [0.1, 0.15) is 0 Å². The molecule has 0 saturated heterocycles. The normalized spacial score (nSPS) is 16.2. The van der Waals surface area contributed by atoms with Crippen molar-refractivity contribution in [1.29, 1.82) is 0 Å². The van der Waals surface area contributed by atoms with Gasteiger partial charge in [-0.2, -0.15) is 5.10 Å². The topological polar surface area (TPSA) is 63.1 Å². The minimum atomic E-state index is -0.0824. The van der Waals surface area contributed by atoms with Gasteiger partial charge in [-0.15, -0.1) is 0 Å². The average molecular weight is 347 g/mol. The molecule has 1 unspecified atom stereocenters. The van der Waals surface area contributed by atoms with Crippen LogP contribution in [0.4, 0.5) is 10.5 Å². The third kappa shape index (κ3) is 3.06. The van der Waals surface area contributed by atoms with Crippen LogP contribution in [0.2, 0.25) is 0 Å². The lowest BCUT2D eigenvalue weighted by Crippen LogP contribution is -2.46. The maximum Gasteiger partial charge on any atom is 0.322 e. The zero-order chi connectivity index (χ0) is 18.1. The minimum absolute atomic E-state index is 0.0824. The highest BCUT2D eigenvalue weighted by Crippen LogP contribution is 2.26. The first-order valence-corrected chi connectivity index (χ1v) is 8.71. The zero-order valence-corrected chi connectivity index (χ0v) is 14.9. The van der Waals surface area contributed by atoms with Crippen LogP contribution in [0.1, 0.15) is 18.2 Å². The number of carbonyl (C=O) groups is 1. The van der Waals surface area contributed by atoms with Gasteiger partial charge in [-0.25, -0.2) is 4.79 Å². The van der Waals surface area contributed by atoms with Gasteiger partial charge < -0.3 is 10.2 Å². The summed E-state index contributed by atoms with van der Waals surface area (Å²) in [7, 11) is 0. The van der Waals surface area contributed by atoms with Crippen LogP contribution < -0.4 is 5.32 Å². The number of rotatable bonds is 2. The van der Waals surface area contributed by atoms with Gasteiger partial charge in [0, 0.05) is 24.3 Å². The molecular formula is C20H21N5O. The fourth-order valence-corrected chi connectivity index (χ4v) is 3.40. The standard InChI is InChI=1S/C20H21N5O/c1-14-11-17(3-4-19(14)16-5-8-21-9-6-16)23-20(26)24-13-18-7-10-22-25(18)12-15(24)2/h3-11,15H,12-13H2,1-2H3,(H,23,26). The highest BCUT2D eigenvalue weighted by molar-refractivity contribution is 5.90. The Hall–Kier alpha value is -3.15. The molecule has 2 amide bonds. The van der Waals surface area contributed by atoms with Crippen LogP contribution in [-0.2, 0) is 13.1 Å². The predicted octanol–water partition coefficient (Wildman–Crippen LogP) is 3.69. The van der Waals surface area contributed by atoms with Crippen LogP contribution in [0, 0.1) is 6.92 Å². The summed E-state index contributed by atoms with van der Waals surface area (Å²) in [5, 5.41) is 7.32. The van der Waals surface area contributed by atoms with E-state index in [1.807, 2.05) is 59.8 Å². The molecule has 0 saturated carbocycles.